The van der Waals surface area contributed by atoms with Crippen LogP contribution in [0.1, 0.15) is 80.1 Å². The van der Waals surface area contributed by atoms with Crippen molar-refractivity contribution >= 4 is 11.8 Å². The third-order valence-electron chi connectivity index (χ3n) is 5.51. The first kappa shape index (κ1) is 20.7. The van der Waals surface area contributed by atoms with E-state index in [-0.39, 0.29) is 23.5 Å². The molecule has 0 aromatic carbocycles. The lowest BCUT2D eigenvalue weighted by atomic mass is 9.55. The molecule has 0 saturated heterocycles. The van der Waals surface area contributed by atoms with Crippen molar-refractivity contribution in [3.63, 3.8) is 0 Å². The van der Waals surface area contributed by atoms with Crippen LogP contribution in [-0.2, 0) is 9.59 Å². The van der Waals surface area contributed by atoms with E-state index in [4.69, 9.17) is 5.11 Å². The lowest BCUT2D eigenvalue weighted by Gasteiger charge is -2.47. The Balaban J connectivity index is 3.17. The van der Waals surface area contributed by atoms with E-state index in [0.29, 0.717) is 12.8 Å². The predicted molar refractivity (Wildman–Crippen MR) is 98.9 cm³/mol. The summed E-state index contributed by atoms with van der Waals surface area (Å²) in [4.78, 5) is 24.6. The summed E-state index contributed by atoms with van der Waals surface area (Å²) in [5, 5.41) is 9.13. The number of hydrogen-bond donors (Lipinski definition) is 1. The molecule has 1 fully saturated rings. The second kappa shape index (κ2) is 8.13. The fourth-order valence-electron chi connectivity index (χ4n) is 3.66. The van der Waals surface area contributed by atoms with Gasteiger partial charge in [-0.1, -0.05) is 37.1 Å². The summed E-state index contributed by atoms with van der Waals surface area (Å²) in [6.45, 7) is 12.5. The van der Waals surface area contributed by atoms with Crippen molar-refractivity contribution in [1.82, 2.24) is 0 Å². The lowest BCUT2D eigenvalue weighted by molar-refractivity contribution is -0.145. The number of carbonyl (C=O) groups is 2. The Morgan fingerprint density at radius 2 is 1.71 bits per heavy atom. The summed E-state index contributed by atoms with van der Waals surface area (Å²) < 4.78 is 0. The predicted octanol–water partition coefficient (Wildman–Crippen LogP) is 5.56. The monoisotopic (exact) mass is 334 g/mol. The smallest absolute Gasteiger partial charge is 0.303 e. The topological polar surface area (TPSA) is 54.4 Å². The summed E-state index contributed by atoms with van der Waals surface area (Å²) in [5.41, 5.74) is 1.87. The zero-order valence-corrected chi connectivity index (χ0v) is 16.2. The fourth-order valence-corrected chi connectivity index (χ4v) is 3.66. The maximum Gasteiger partial charge on any atom is 0.303 e. The Bertz CT molecular complexity index is 531. The Morgan fingerprint density at radius 1 is 1.12 bits per heavy atom. The van der Waals surface area contributed by atoms with Crippen molar-refractivity contribution in [1.29, 1.82) is 0 Å². The SMILES string of the molecule is CC(C)=CCC1C(=O)C(CC=C(C)C)(CCC(=O)O)CCC1(C)C. The molecule has 0 bridgehead atoms. The maximum atomic E-state index is 13.4. The number of carboxylic acid groups (broad SMARTS) is 1. The van der Waals surface area contributed by atoms with Crippen LogP contribution in [0.25, 0.3) is 0 Å². The molecule has 136 valence electrons. The lowest BCUT2D eigenvalue weighted by Crippen LogP contribution is -2.47. The molecule has 1 rings (SSSR count). The van der Waals surface area contributed by atoms with E-state index in [0.717, 1.165) is 19.3 Å². The van der Waals surface area contributed by atoms with Crippen molar-refractivity contribution in [2.24, 2.45) is 16.7 Å². The third-order valence-corrected chi connectivity index (χ3v) is 5.51. The molecule has 0 heterocycles. The highest BCUT2D eigenvalue weighted by Gasteiger charge is 2.50. The Hall–Kier alpha value is -1.38. The summed E-state index contributed by atoms with van der Waals surface area (Å²) >= 11 is 0. The van der Waals surface area contributed by atoms with E-state index >= 15 is 0 Å². The highest BCUT2D eigenvalue weighted by molar-refractivity contribution is 5.89. The van der Waals surface area contributed by atoms with Gasteiger partial charge in [0.25, 0.3) is 0 Å². The molecular weight excluding hydrogens is 300 g/mol. The zero-order valence-electron chi connectivity index (χ0n) is 16.2. The second-order valence-electron chi connectivity index (χ2n) is 8.58. The minimum atomic E-state index is -0.815. The first-order valence-corrected chi connectivity index (χ1v) is 9.03. The molecule has 2 atom stereocenters. The molecule has 3 heteroatoms. The Morgan fingerprint density at radius 3 is 2.21 bits per heavy atom. The average Bonchev–Trinajstić information content (AvgIpc) is 2.45. The van der Waals surface area contributed by atoms with Gasteiger partial charge >= 0.3 is 5.97 Å². The summed E-state index contributed by atoms with van der Waals surface area (Å²) in [6.07, 6.45) is 7.97. The molecule has 2 unspecified atom stereocenters. The minimum absolute atomic E-state index is 0.0271. The van der Waals surface area contributed by atoms with Gasteiger partial charge in [-0.2, -0.15) is 0 Å². The third kappa shape index (κ3) is 5.32. The van der Waals surface area contributed by atoms with Gasteiger partial charge in [-0.25, -0.2) is 0 Å². The Labute approximate surface area is 147 Å². The van der Waals surface area contributed by atoms with E-state index in [1.54, 1.807) is 0 Å². The van der Waals surface area contributed by atoms with Gasteiger partial charge in [0.15, 0.2) is 0 Å². The van der Waals surface area contributed by atoms with Crippen molar-refractivity contribution in [3.05, 3.63) is 23.3 Å². The van der Waals surface area contributed by atoms with Gasteiger partial charge in [-0.15, -0.1) is 0 Å². The van der Waals surface area contributed by atoms with Crippen molar-refractivity contribution in [3.8, 4) is 0 Å². The van der Waals surface area contributed by atoms with E-state index < -0.39 is 11.4 Å². The molecule has 0 spiro atoms. The number of carboxylic acids is 1. The van der Waals surface area contributed by atoms with Crippen LogP contribution in [0.15, 0.2) is 23.3 Å². The summed E-state index contributed by atoms with van der Waals surface area (Å²) in [7, 11) is 0. The van der Waals surface area contributed by atoms with Crippen LogP contribution in [0.2, 0.25) is 0 Å². The van der Waals surface area contributed by atoms with Gasteiger partial charge in [0.2, 0.25) is 0 Å². The number of allylic oxidation sites excluding steroid dienone is 4. The fraction of sp³-hybridized carbons (Fsp3) is 0.714. The van der Waals surface area contributed by atoms with Crippen molar-refractivity contribution in [2.45, 2.75) is 80.1 Å². The van der Waals surface area contributed by atoms with Crippen LogP contribution < -0.4 is 0 Å². The summed E-state index contributed by atoms with van der Waals surface area (Å²) in [5.74, 6) is -0.569. The molecule has 1 aliphatic carbocycles. The molecule has 3 nitrogen and oxygen atoms in total. The van der Waals surface area contributed by atoms with Gasteiger partial charge in [-0.05, 0) is 65.2 Å². The molecule has 0 amide bonds. The van der Waals surface area contributed by atoms with Crippen molar-refractivity contribution < 1.29 is 14.7 Å². The van der Waals surface area contributed by atoms with Gasteiger partial charge < -0.3 is 5.11 Å². The van der Waals surface area contributed by atoms with E-state index in [9.17, 15) is 9.59 Å². The first-order chi connectivity index (χ1) is 11.0. The Kier molecular flexibility index (Phi) is 7.00. The average molecular weight is 335 g/mol. The highest BCUT2D eigenvalue weighted by atomic mass is 16.4. The van der Waals surface area contributed by atoms with Gasteiger partial charge in [-0.3, -0.25) is 9.59 Å². The van der Waals surface area contributed by atoms with E-state index in [1.807, 2.05) is 13.8 Å². The van der Waals surface area contributed by atoms with Crippen LogP contribution in [0.4, 0.5) is 0 Å². The normalized spacial score (nSPS) is 25.9. The van der Waals surface area contributed by atoms with E-state index in [2.05, 4.69) is 39.8 Å². The van der Waals surface area contributed by atoms with Crippen LogP contribution in [0.5, 0.6) is 0 Å². The van der Waals surface area contributed by atoms with Crippen molar-refractivity contribution in [2.75, 3.05) is 0 Å². The summed E-state index contributed by atoms with van der Waals surface area (Å²) in [6, 6.07) is 0. The molecule has 1 saturated carbocycles. The molecule has 0 aromatic heterocycles. The van der Waals surface area contributed by atoms with Gasteiger partial charge in [0.1, 0.15) is 5.78 Å². The quantitative estimate of drug-likeness (QED) is 0.620. The first-order valence-electron chi connectivity index (χ1n) is 9.03. The molecule has 24 heavy (non-hydrogen) atoms. The number of aliphatic carboxylic acids is 1. The molecule has 0 aliphatic heterocycles. The standard InChI is InChI=1S/C21H34O3/c1-15(2)7-8-17-19(24)21(11-9-16(3)4,12-10-18(22)23)14-13-20(17,5)6/h7,9,17H,8,10-14H2,1-6H3,(H,22,23). The van der Waals surface area contributed by atoms with Crippen LogP contribution in [0, 0.1) is 16.7 Å². The maximum absolute atomic E-state index is 13.4. The molecule has 0 aromatic rings. The second-order valence-corrected chi connectivity index (χ2v) is 8.58. The number of hydrogen-bond acceptors (Lipinski definition) is 2. The van der Waals surface area contributed by atoms with E-state index in [1.165, 1.54) is 11.1 Å². The van der Waals surface area contributed by atoms with Crippen LogP contribution >= 0.6 is 0 Å². The number of rotatable bonds is 7. The molecule has 1 aliphatic rings. The highest BCUT2D eigenvalue weighted by Crippen LogP contribution is 2.51. The van der Waals surface area contributed by atoms with Gasteiger partial charge in [0.05, 0.1) is 0 Å². The van der Waals surface area contributed by atoms with Crippen LogP contribution in [-0.4, -0.2) is 16.9 Å². The number of ketones is 1. The number of carbonyl (C=O) groups excluding carboxylic acids is 1. The molecule has 1 N–H and O–H groups in total. The largest absolute Gasteiger partial charge is 0.481 e. The van der Waals surface area contributed by atoms with Crippen LogP contribution in [0.3, 0.4) is 0 Å². The van der Waals surface area contributed by atoms with Gasteiger partial charge in [0, 0.05) is 17.8 Å². The number of Topliss-reactive ketones (excluding diaryl/α,β-unsaturated/α-hetero) is 1. The minimum Gasteiger partial charge on any atom is -0.481 e. The molecule has 0 radical (unpaired) electrons. The molecular formula is C21H34O3. The zero-order chi connectivity index (χ0) is 18.5.